The third-order valence-electron chi connectivity index (χ3n) is 3.50. The number of anilines is 1. The summed E-state index contributed by atoms with van der Waals surface area (Å²) in [4.78, 5) is 14.4. The minimum absolute atomic E-state index is 0.101. The maximum atomic E-state index is 12.2. The topological polar surface area (TPSA) is 79.0 Å². The fourth-order valence-electron chi connectivity index (χ4n) is 2.38. The Morgan fingerprint density at radius 2 is 1.78 bits per heavy atom. The molecule has 0 aliphatic rings. The van der Waals surface area contributed by atoms with Crippen LogP contribution in [-0.4, -0.2) is 13.4 Å². The van der Waals surface area contributed by atoms with E-state index in [0.29, 0.717) is 22.3 Å². The number of aromatic nitrogens is 1. The lowest BCUT2D eigenvalue weighted by molar-refractivity contribution is 0.600. The lowest BCUT2D eigenvalue weighted by Crippen LogP contribution is -2.15. The number of aromatic amines is 1. The van der Waals surface area contributed by atoms with Crippen LogP contribution in [0.4, 0.5) is 5.69 Å². The van der Waals surface area contributed by atoms with Crippen LogP contribution in [0, 0.1) is 6.92 Å². The first-order chi connectivity index (χ1) is 10.9. The van der Waals surface area contributed by atoms with E-state index in [9.17, 15) is 13.2 Å². The van der Waals surface area contributed by atoms with Gasteiger partial charge in [0.15, 0.2) is 0 Å². The molecule has 0 radical (unpaired) electrons. The zero-order valence-corrected chi connectivity index (χ0v) is 13.4. The number of fused-ring (bicyclic) bond motifs is 1. The van der Waals surface area contributed by atoms with E-state index in [1.54, 1.807) is 55.5 Å². The number of sulfonamides is 1. The monoisotopic (exact) mass is 328 g/mol. The molecule has 23 heavy (non-hydrogen) atoms. The van der Waals surface area contributed by atoms with Gasteiger partial charge in [-0.15, -0.1) is 0 Å². The summed E-state index contributed by atoms with van der Waals surface area (Å²) in [5, 5.41) is 0.855. The van der Waals surface area contributed by atoms with Crippen LogP contribution in [0.5, 0.6) is 0 Å². The van der Waals surface area contributed by atoms with Gasteiger partial charge in [0.2, 0.25) is 10.0 Å². The summed E-state index contributed by atoms with van der Waals surface area (Å²) in [5.74, 6) is -0.101. The highest BCUT2D eigenvalue weighted by atomic mass is 32.2. The smallest absolute Gasteiger partial charge is 0.251 e. The van der Waals surface area contributed by atoms with Gasteiger partial charge in [-0.05, 0) is 36.1 Å². The van der Waals surface area contributed by atoms with Crippen LogP contribution in [0.3, 0.4) is 0 Å². The summed E-state index contributed by atoms with van der Waals surface area (Å²) in [6.07, 6.45) is 0. The predicted octanol–water partition coefficient (Wildman–Crippen LogP) is 2.78. The molecule has 1 heterocycles. The minimum Gasteiger partial charge on any atom is -0.322 e. The van der Waals surface area contributed by atoms with Crippen molar-refractivity contribution in [1.82, 2.24) is 4.98 Å². The minimum atomic E-state index is -3.52. The maximum Gasteiger partial charge on any atom is 0.251 e. The van der Waals surface area contributed by atoms with Gasteiger partial charge >= 0.3 is 0 Å². The van der Waals surface area contributed by atoms with E-state index in [1.165, 1.54) is 0 Å². The molecule has 0 atom stereocenters. The van der Waals surface area contributed by atoms with Crippen LogP contribution in [0.1, 0.15) is 11.1 Å². The number of aryl methyl sites for hydroxylation is 1. The Morgan fingerprint density at radius 1 is 1.04 bits per heavy atom. The molecule has 2 N–H and O–H groups in total. The van der Waals surface area contributed by atoms with E-state index in [1.807, 2.05) is 6.07 Å². The molecular formula is C17H16N2O3S. The van der Waals surface area contributed by atoms with E-state index in [2.05, 4.69) is 9.71 Å². The molecule has 2 aromatic carbocycles. The SMILES string of the molecule is Cc1cc2ccc(NS(=O)(=O)Cc3ccccc3)cc2[nH]c1=O. The highest BCUT2D eigenvalue weighted by molar-refractivity contribution is 7.91. The molecule has 0 unspecified atom stereocenters. The maximum absolute atomic E-state index is 12.2. The van der Waals surface area contributed by atoms with Crippen molar-refractivity contribution in [2.45, 2.75) is 12.7 Å². The molecule has 0 saturated carbocycles. The average molecular weight is 328 g/mol. The van der Waals surface area contributed by atoms with Crippen LogP contribution in [-0.2, 0) is 15.8 Å². The molecule has 0 saturated heterocycles. The van der Waals surface area contributed by atoms with Gasteiger partial charge in [-0.3, -0.25) is 9.52 Å². The number of benzene rings is 2. The van der Waals surface area contributed by atoms with E-state index in [-0.39, 0.29) is 11.3 Å². The summed E-state index contributed by atoms with van der Waals surface area (Å²) in [7, 11) is -3.52. The quantitative estimate of drug-likeness (QED) is 0.773. The molecule has 0 fully saturated rings. The van der Waals surface area contributed by atoms with Gasteiger partial charge in [0.1, 0.15) is 0 Å². The van der Waals surface area contributed by atoms with Gasteiger partial charge in [-0.2, -0.15) is 0 Å². The van der Waals surface area contributed by atoms with E-state index in [0.717, 1.165) is 5.39 Å². The highest BCUT2D eigenvalue weighted by Gasteiger charge is 2.12. The Balaban J connectivity index is 1.88. The number of hydrogen-bond acceptors (Lipinski definition) is 3. The second-order valence-corrected chi connectivity index (χ2v) is 7.15. The second kappa shape index (κ2) is 5.89. The molecule has 3 rings (SSSR count). The summed E-state index contributed by atoms with van der Waals surface area (Å²) in [6.45, 7) is 1.73. The molecule has 6 heteroatoms. The average Bonchev–Trinajstić information content (AvgIpc) is 2.49. The van der Waals surface area contributed by atoms with Crippen LogP contribution in [0.2, 0.25) is 0 Å². The van der Waals surface area contributed by atoms with Crippen LogP contribution >= 0.6 is 0 Å². The first kappa shape index (κ1) is 15.3. The first-order valence-corrected chi connectivity index (χ1v) is 8.76. The predicted molar refractivity (Wildman–Crippen MR) is 92.0 cm³/mol. The Morgan fingerprint density at radius 3 is 2.52 bits per heavy atom. The highest BCUT2D eigenvalue weighted by Crippen LogP contribution is 2.19. The zero-order valence-electron chi connectivity index (χ0n) is 12.5. The van der Waals surface area contributed by atoms with Crippen LogP contribution in [0.25, 0.3) is 10.9 Å². The third-order valence-corrected chi connectivity index (χ3v) is 4.76. The molecule has 1 aromatic heterocycles. The molecule has 0 spiro atoms. The number of pyridine rings is 1. The van der Waals surface area contributed by atoms with Crippen molar-refractivity contribution in [3.8, 4) is 0 Å². The summed E-state index contributed by atoms with van der Waals surface area (Å²) in [6, 6.07) is 15.8. The Kier molecular flexibility index (Phi) is 3.92. The number of nitrogens with one attached hydrogen (secondary N) is 2. The van der Waals surface area contributed by atoms with E-state index < -0.39 is 10.0 Å². The molecule has 5 nitrogen and oxygen atoms in total. The Labute approximate surface area is 134 Å². The normalized spacial score (nSPS) is 11.5. The molecule has 0 bridgehead atoms. The van der Waals surface area contributed by atoms with E-state index >= 15 is 0 Å². The van der Waals surface area contributed by atoms with Gasteiger partial charge < -0.3 is 4.98 Å². The Bertz CT molecular complexity index is 1010. The van der Waals surface area contributed by atoms with Crippen molar-refractivity contribution >= 4 is 26.6 Å². The van der Waals surface area contributed by atoms with Crippen LogP contribution < -0.4 is 10.3 Å². The molecule has 3 aromatic rings. The molecule has 0 aliphatic heterocycles. The zero-order chi connectivity index (χ0) is 16.4. The van der Waals surface area contributed by atoms with E-state index in [4.69, 9.17) is 0 Å². The van der Waals surface area contributed by atoms with Gasteiger partial charge in [-0.1, -0.05) is 36.4 Å². The lowest BCUT2D eigenvalue weighted by Gasteiger charge is -2.09. The molecule has 118 valence electrons. The number of rotatable bonds is 4. The Hall–Kier alpha value is -2.60. The second-order valence-electron chi connectivity index (χ2n) is 5.43. The standard InChI is InChI=1S/C17H16N2O3S/c1-12-9-14-7-8-15(10-16(14)18-17(12)20)19-23(21,22)11-13-5-3-2-4-6-13/h2-10,19H,11H2,1H3,(H,18,20). The molecule has 0 amide bonds. The number of H-pyrrole nitrogens is 1. The van der Waals surface area contributed by atoms with Crippen molar-refractivity contribution in [1.29, 1.82) is 0 Å². The van der Waals surface area contributed by atoms with Gasteiger partial charge in [0.05, 0.1) is 17.0 Å². The summed E-state index contributed by atoms with van der Waals surface area (Å²) >= 11 is 0. The lowest BCUT2D eigenvalue weighted by atomic mass is 10.1. The molecule has 0 aliphatic carbocycles. The van der Waals surface area contributed by atoms with Crippen molar-refractivity contribution in [3.63, 3.8) is 0 Å². The van der Waals surface area contributed by atoms with Crippen molar-refractivity contribution in [2.24, 2.45) is 0 Å². The number of hydrogen-bond donors (Lipinski definition) is 2. The molecular weight excluding hydrogens is 312 g/mol. The summed E-state index contributed by atoms with van der Waals surface area (Å²) < 4.78 is 27.0. The third kappa shape index (κ3) is 3.60. The van der Waals surface area contributed by atoms with Crippen molar-refractivity contribution in [2.75, 3.05) is 4.72 Å². The van der Waals surface area contributed by atoms with Gasteiger partial charge in [-0.25, -0.2) is 8.42 Å². The largest absolute Gasteiger partial charge is 0.322 e. The van der Waals surface area contributed by atoms with Crippen molar-refractivity contribution in [3.05, 3.63) is 76.1 Å². The fourth-order valence-corrected chi connectivity index (χ4v) is 3.57. The van der Waals surface area contributed by atoms with Gasteiger partial charge in [0.25, 0.3) is 5.56 Å². The summed E-state index contributed by atoms with van der Waals surface area (Å²) in [5.41, 5.74) is 2.18. The fraction of sp³-hybridized carbons (Fsp3) is 0.118. The van der Waals surface area contributed by atoms with Crippen LogP contribution in [0.15, 0.2) is 59.4 Å². The van der Waals surface area contributed by atoms with Gasteiger partial charge in [0, 0.05) is 5.56 Å². The first-order valence-electron chi connectivity index (χ1n) is 7.11. The van der Waals surface area contributed by atoms with Crippen molar-refractivity contribution < 1.29 is 8.42 Å².